The molecule has 2 rings (SSSR count). The Labute approximate surface area is 130 Å². The second-order valence-electron chi connectivity index (χ2n) is 7.72. The maximum atomic E-state index is 11.2. The molecule has 2 N–H and O–H groups in total. The molecule has 2 fully saturated rings. The highest BCUT2D eigenvalue weighted by molar-refractivity contribution is 5.21. The van der Waals surface area contributed by atoms with Gasteiger partial charge in [-0.05, 0) is 36.5 Å². The fraction of sp³-hybridized carbons (Fsp3) is 1.00. The molecule has 0 saturated heterocycles. The monoisotopic (exact) mass is 298 g/mol. The smallest absolute Gasteiger partial charge is 0.0980 e. The van der Waals surface area contributed by atoms with E-state index < -0.39 is 11.2 Å². The normalized spacial score (nSPS) is 27.7. The molecular formula is C18H34O3. The van der Waals surface area contributed by atoms with E-state index in [1.807, 2.05) is 0 Å². The van der Waals surface area contributed by atoms with Gasteiger partial charge in [-0.2, -0.15) is 0 Å². The molecule has 0 bridgehead atoms. The standard InChI is InChI=1S/C18H34O3/c1-5-15(6-2)11-17(20,12-15)18(21-10-9-19)13-16(7-3,8-4)14-18/h19-20H,5-14H2,1-4H3. The summed E-state index contributed by atoms with van der Waals surface area (Å²) in [7, 11) is 0. The molecule has 21 heavy (non-hydrogen) atoms. The van der Waals surface area contributed by atoms with Crippen LogP contribution in [0, 0.1) is 10.8 Å². The summed E-state index contributed by atoms with van der Waals surface area (Å²) in [4.78, 5) is 0. The first-order chi connectivity index (χ1) is 9.88. The Balaban J connectivity index is 2.13. The maximum absolute atomic E-state index is 11.2. The second-order valence-corrected chi connectivity index (χ2v) is 7.72. The molecule has 2 aliphatic rings. The van der Waals surface area contributed by atoms with Crippen molar-refractivity contribution in [3.63, 3.8) is 0 Å². The Hall–Kier alpha value is -0.120. The fourth-order valence-electron chi connectivity index (χ4n) is 4.98. The number of aliphatic hydroxyl groups is 2. The number of hydrogen-bond donors (Lipinski definition) is 2. The summed E-state index contributed by atoms with van der Waals surface area (Å²) >= 11 is 0. The number of hydrogen-bond acceptors (Lipinski definition) is 3. The summed E-state index contributed by atoms with van der Waals surface area (Å²) in [6.45, 7) is 9.33. The zero-order chi connectivity index (χ0) is 15.8. The van der Waals surface area contributed by atoms with Crippen molar-refractivity contribution in [2.75, 3.05) is 13.2 Å². The molecule has 3 nitrogen and oxygen atoms in total. The van der Waals surface area contributed by atoms with Gasteiger partial charge >= 0.3 is 0 Å². The van der Waals surface area contributed by atoms with Crippen LogP contribution >= 0.6 is 0 Å². The van der Waals surface area contributed by atoms with Crippen LogP contribution in [0.5, 0.6) is 0 Å². The molecule has 0 radical (unpaired) electrons. The largest absolute Gasteiger partial charge is 0.394 e. The van der Waals surface area contributed by atoms with Crippen LogP contribution in [0.25, 0.3) is 0 Å². The Morgan fingerprint density at radius 3 is 1.62 bits per heavy atom. The summed E-state index contributed by atoms with van der Waals surface area (Å²) in [6.07, 6.45) is 8.19. The molecule has 0 aliphatic heterocycles. The van der Waals surface area contributed by atoms with Gasteiger partial charge in [0.05, 0.1) is 24.4 Å². The van der Waals surface area contributed by atoms with Crippen molar-refractivity contribution in [1.82, 2.24) is 0 Å². The molecule has 0 spiro atoms. The second kappa shape index (κ2) is 5.82. The van der Waals surface area contributed by atoms with Crippen molar-refractivity contribution < 1.29 is 14.9 Å². The molecule has 2 aliphatic carbocycles. The van der Waals surface area contributed by atoms with E-state index in [2.05, 4.69) is 27.7 Å². The van der Waals surface area contributed by atoms with Gasteiger partial charge in [0.2, 0.25) is 0 Å². The summed E-state index contributed by atoms with van der Waals surface area (Å²) < 4.78 is 6.06. The maximum Gasteiger partial charge on any atom is 0.0980 e. The topological polar surface area (TPSA) is 49.7 Å². The lowest BCUT2D eigenvalue weighted by atomic mass is 9.42. The van der Waals surface area contributed by atoms with Gasteiger partial charge in [-0.25, -0.2) is 0 Å². The van der Waals surface area contributed by atoms with Crippen LogP contribution in [0.1, 0.15) is 79.1 Å². The van der Waals surface area contributed by atoms with Gasteiger partial charge < -0.3 is 14.9 Å². The van der Waals surface area contributed by atoms with E-state index in [-0.39, 0.29) is 6.61 Å². The molecule has 0 aromatic rings. The minimum absolute atomic E-state index is 0.0375. The van der Waals surface area contributed by atoms with Crippen molar-refractivity contribution in [3.8, 4) is 0 Å². The van der Waals surface area contributed by atoms with Crippen LogP contribution in [-0.4, -0.2) is 34.6 Å². The van der Waals surface area contributed by atoms with Crippen molar-refractivity contribution in [1.29, 1.82) is 0 Å². The van der Waals surface area contributed by atoms with Gasteiger partial charge in [-0.15, -0.1) is 0 Å². The van der Waals surface area contributed by atoms with E-state index in [9.17, 15) is 5.11 Å². The third-order valence-corrected chi connectivity index (χ3v) is 6.97. The molecule has 2 saturated carbocycles. The molecule has 124 valence electrons. The molecule has 0 amide bonds. The zero-order valence-corrected chi connectivity index (χ0v) is 14.4. The van der Waals surface area contributed by atoms with Crippen LogP contribution in [0.4, 0.5) is 0 Å². The van der Waals surface area contributed by atoms with Gasteiger partial charge in [0.1, 0.15) is 0 Å². The predicted molar refractivity (Wildman–Crippen MR) is 85.2 cm³/mol. The average molecular weight is 298 g/mol. The SMILES string of the molecule is CCC1(CC)CC(O)(C2(OCCO)CC(CC)(CC)C2)C1. The third kappa shape index (κ3) is 2.55. The highest BCUT2D eigenvalue weighted by atomic mass is 16.5. The van der Waals surface area contributed by atoms with Gasteiger partial charge in [0, 0.05) is 0 Å². The van der Waals surface area contributed by atoms with Crippen LogP contribution in [0.15, 0.2) is 0 Å². The number of rotatable bonds is 8. The lowest BCUT2D eigenvalue weighted by Crippen LogP contribution is -2.73. The highest BCUT2D eigenvalue weighted by Gasteiger charge is 2.69. The molecule has 0 aromatic carbocycles. The minimum atomic E-state index is -0.679. The molecule has 0 unspecified atom stereocenters. The van der Waals surface area contributed by atoms with E-state index in [4.69, 9.17) is 9.84 Å². The zero-order valence-electron chi connectivity index (χ0n) is 14.4. The van der Waals surface area contributed by atoms with Gasteiger partial charge in [0.25, 0.3) is 0 Å². The predicted octanol–water partition coefficient (Wildman–Crippen LogP) is 3.67. The Kier molecular flexibility index (Phi) is 4.78. The minimum Gasteiger partial charge on any atom is -0.394 e. The van der Waals surface area contributed by atoms with E-state index in [1.165, 1.54) is 0 Å². The van der Waals surface area contributed by atoms with E-state index >= 15 is 0 Å². The van der Waals surface area contributed by atoms with E-state index in [0.29, 0.717) is 17.4 Å². The lowest BCUT2D eigenvalue weighted by Gasteiger charge is -2.68. The molecule has 3 heteroatoms. The Bertz CT molecular complexity index is 339. The van der Waals surface area contributed by atoms with Crippen LogP contribution < -0.4 is 0 Å². The highest BCUT2D eigenvalue weighted by Crippen LogP contribution is 2.67. The van der Waals surface area contributed by atoms with Crippen molar-refractivity contribution in [2.24, 2.45) is 10.8 Å². The molecular weight excluding hydrogens is 264 g/mol. The van der Waals surface area contributed by atoms with Gasteiger partial charge in [-0.1, -0.05) is 53.4 Å². The first-order valence-corrected chi connectivity index (χ1v) is 8.85. The number of aliphatic hydroxyl groups excluding tert-OH is 1. The molecule has 0 atom stereocenters. The average Bonchev–Trinajstić information content (AvgIpc) is 2.43. The first kappa shape index (κ1) is 17.2. The quantitative estimate of drug-likeness (QED) is 0.719. The third-order valence-electron chi connectivity index (χ3n) is 6.97. The first-order valence-electron chi connectivity index (χ1n) is 8.85. The summed E-state index contributed by atoms with van der Waals surface area (Å²) in [5.41, 5.74) is -0.444. The Morgan fingerprint density at radius 2 is 1.24 bits per heavy atom. The van der Waals surface area contributed by atoms with Crippen LogP contribution in [0.2, 0.25) is 0 Å². The lowest BCUT2D eigenvalue weighted by molar-refractivity contribution is -0.316. The molecule has 0 heterocycles. The summed E-state index contributed by atoms with van der Waals surface area (Å²) in [5.74, 6) is 0. The van der Waals surface area contributed by atoms with Crippen molar-refractivity contribution in [2.45, 2.75) is 90.3 Å². The number of ether oxygens (including phenoxy) is 1. The molecule has 0 aromatic heterocycles. The van der Waals surface area contributed by atoms with Crippen molar-refractivity contribution >= 4 is 0 Å². The van der Waals surface area contributed by atoms with Crippen molar-refractivity contribution in [3.05, 3.63) is 0 Å². The van der Waals surface area contributed by atoms with Crippen LogP contribution in [0.3, 0.4) is 0 Å². The van der Waals surface area contributed by atoms with Gasteiger partial charge in [-0.3, -0.25) is 0 Å². The van der Waals surface area contributed by atoms with Crippen LogP contribution in [-0.2, 0) is 4.74 Å². The van der Waals surface area contributed by atoms with E-state index in [1.54, 1.807) is 0 Å². The Morgan fingerprint density at radius 1 is 0.810 bits per heavy atom. The fourth-order valence-corrected chi connectivity index (χ4v) is 4.98. The summed E-state index contributed by atoms with van der Waals surface area (Å²) in [5, 5.41) is 20.4. The van der Waals surface area contributed by atoms with E-state index in [0.717, 1.165) is 51.4 Å². The summed E-state index contributed by atoms with van der Waals surface area (Å²) in [6, 6.07) is 0. The van der Waals surface area contributed by atoms with Gasteiger partial charge in [0.15, 0.2) is 0 Å².